The Morgan fingerprint density at radius 3 is 2.75 bits per heavy atom. The van der Waals surface area contributed by atoms with Gasteiger partial charge in [-0.05, 0) is 18.1 Å². The highest BCUT2D eigenvalue weighted by Gasteiger charge is 2.42. The lowest BCUT2D eigenvalue weighted by molar-refractivity contribution is -0.140. The van der Waals surface area contributed by atoms with Gasteiger partial charge in [-0.3, -0.25) is 9.59 Å². The van der Waals surface area contributed by atoms with Crippen LogP contribution >= 0.6 is 0 Å². The van der Waals surface area contributed by atoms with Gasteiger partial charge in [0.15, 0.2) is 6.10 Å². The van der Waals surface area contributed by atoms with E-state index in [2.05, 4.69) is 5.32 Å². The molecule has 152 valence electrons. The number of cyclic esters (lactones) is 1. The number of ether oxygens (including phenoxy) is 1. The molecule has 7 nitrogen and oxygen atoms in total. The van der Waals surface area contributed by atoms with E-state index in [0.717, 1.165) is 0 Å². The molecule has 0 aliphatic carbocycles. The van der Waals surface area contributed by atoms with E-state index in [9.17, 15) is 23.9 Å². The highest BCUT2D eigenvalue weighted by molar-refractivity contribution is 5.96. The van der Waals surface area contributed by atoms with Crippen molar-refractivity contribution in [2.45, 2.75) is 51.9 Å². The van der Waals surface area contributed by atoms with Crippen LogP contribution in [0.1, 0.15) is 43.1 Å². The summed E-state index contributed by atoms with van der Waals surface area (Å²) in [5.41, 5.74) is -0.298. The van der Waals surface area contributed by atoms with Crippen LogP contribution in [0.4, 0.5) is 4.39 Å². The zero-order valence-electron chi connectivity index (χ0n) is 16.2. The second kappa shape index (κ2) is 7.50. The molecule has 3 rings (SSSR count). The van der Waals surface area contributed by atoms with Crippen LogP contribution in [0.5, 0.6) is 0 Å². The topological polar surface area (TPSA) is 95.9 Å². The smallest absolute Gasteiger partial charge is 0.342 e. The van der Waals surface area contributed by atoms with Crippen molar-refractivity contribution >= 4 is 17.8 Å². The third-order valence-corrected chi connectivity index (χ3v) is 5.65. The van der Waals surface area contributed by atoms with E-state index < -0.39 is 41.4 Å². The molecule has 2 aliphatic heterocycles. The number of aliphatic hydroxyl groups excluding tert-OH is 1. The van der Waals surface area contributed by atoms with E-state index in [4.69, 9.17) is 4.74 Å². The van der Waals surface area contributed by atoms with Crippen molar-refractivity contribution in [2.24, 2.45) is 5.41 Å². The molecular formula is C20H25FN2O5. The molecule has 2 amide bonds. The van der Waals surface area contributed by atoms with E-state index in [1.807, 2.05) is 20.8 Å². The Kier molecular flexibility index (Phi) is 5.43. The highest BCUT2D eigenvalue weighted by Crippen LogP contribution is 2.26. The van der Waals surface area contributed by atoms with E-state index >= 15 is 0 Å². The molecular weight excluding hydrogens is 367 g/mol. The summed E-state index contributed by atoms with van der Waals surface area (Å²) in [5.74, 6) is -2.20. The van der Waals surface area contributed by atoms with Crippen molar-refractivity contribution in [1.82, 2.24) is 10.2 Å². The number of fused-ring (bicyclic) bond motifs is 1. The lowest BCUT2D eigenvalue weighted by Crippen LogP contribution is -2.48. The van der Waals surface area contributed by atoms with Crippen LogP contribution in [0.2, 0.25) is 0 Å². The summed E-state index contributed by atoms with van der Waals surface area (Å²) < 4.78 is 19.0. The first kappa shape index (κ1) is 20.3. The number of rotatable bonds is 4. The molecule has 2 heterocycles. The summed E-state index contributed by atoms with van der Waals surface area (Å²) in [6.45, 7) is 5.67. The number of nitrogens with one attached hydrogen (secondary N) is 1. The number of aliphatic hydroxyl groups is 1. The van der Waals surface area contributed by atoms with Gasteiger partial charge in [0.1, 0.15) is 5.82 Å². The van der Waals surface area contributed by atoms with Crippen LogP contribution in [-0.4, -0.2) is 59.1 Å². The van der Waals surface area contributed by atoms with Crippen LogP contribution in [-0.2, 0) is 20.7 Å². The fraction of sp³-hybridized carbons (Fsp3) is 0.550. The third kappa shape index (κ3) is 3.73. The number of esters is 1. The quantitative estimate of drug-likeness (QED) is 0.747. The minimum atomic E-state index is -1.07. The van der Waals surface area contributed by atoms with Crippen LogP contribution in [0, 0.1) is 11.2 Å². The van der Waals surface area contributed by atoms with Gasteiger partial charge in [-0.25, -0.2) is 9.18 Å². The summed E-state index contributed by atoms with van der Waals surface area (Å²) in [6, 6.07) is 3.65. The maximum Gasteiger partial charge on any atom is 0.342 e. The molecule has 28 heavy (non-hydrogen) atoms. The Morgan fingerprint density at radius 2 is 2.07 bits per heavy atom. The second-order valence-electron chi connectivity index (χ2n) is 8.00. The van der Waals surface area contributed by atoms with Gasteiger partial charge < -0.3 is 20.1 Å². The Morgan fingerprint density at radius 1 is 1.36 bits per heavy atom. The summed E-state index contributed by atoms with van der Waals surface area (Å²) in [5, 5.41) is 13.1. The maximum absolute atomic E-state index is 13.8. The molecule has 1 unspecified atom stereocenters. The van der Waals surface area contributed by atoms with Crippen molar-refractivity contribution in [1.29, 1.82) is 0 Å². The van der Waals surface area contributed by atoms with Gasteiger partial charge in [0.25, 0.3) is 5.91 Å². The minimum Gasteiger partial charge on any atom is -0.448 e. The lowest BCUT2D eigenvalue weighted by Gasteiger charge is -2.28. The van der Waals surface area contributed by atoms with Crippen LogP contribution < -0.4 is 5.32 Å². The predicted octanol–water partition coefficient (Wildman–Crippen LogP) is 1.03. The van der Waals surface area contributed by atoms with Crippen LogP contribution in [0.3, 0.4) is 0 Å². The van der Waals surface area contributed by atoms with E-state index in [-0.39, 0.29) is 31.0 Å². The molecule has 1 fully saturated rings. The van der Waals surface area contributed by atoms with E-state index in [1.165, 1.54) is 17.0 Å². The first-order valence-electron chi connectivity index (χ1n) is 9.40. The summed E-state index contributed by atoms with van der Waals surface area (Å²) in [6.07, 6.45) is -1.28. The average Bonchev–Trinajstić information content (AvgIpc) is 3.01. The Hall–Kier alpha value is -2.48. The van der Waals surface area contributed by atoms with Crippen molar-refractivity contribution in [3.63, 3.8) is 0 Å². The average molecular weight is 392 g/mol. The predicted molar refractivity (Wildman–Crippen MR) is 97.9 cm³/mol. The van der Waals surface area contributed by atoms with Gasteiger partial charge in [0.2, 0.25) is 5.91 Å². The molecule has 1 aromatic rings. The zero-order chi connectivity index (χ0) is 20.6. The van der Waals surface area contributed by atoms with Crippen molar-refractivity contribution in [3.8, 4) is 0 Å². The molecule has 0 aromatic heterocycles. The van der Waals surface area contributed by atoms with E-state index in [0.29, 0.717) is 12.0 Å². The van der Waals surface area contributed by atoms with Crippen molar-refractivity contribution in [2.75, 3.05) is 13.1 Å². The number of carbonyl (C=O) groups excluding carboxylic acids is 3. The minimum absolute atomic E-state index is 0.0282. The number of nitrogens with zero attached hydrogens (tertiary/aromatic N) is 1. The number of carbonyl (C=O) groups is 3. The van der Waals surface area contributed by atoms with Crippen molar-refractivity contribution < 1.29 is 28.6 Å². The first-order chi connectivity index (χ1) is 13.1. The third-order valence-electron chi connectivity index (χ3n) is 5.65. The molecule has 0 bridgehead atoms. The van der Waals surface area contributed by atoms with Gasteiger partial charge in [-0.1, -0.05) is 32.9 Å². The Balaban J connectivity index is 1.68. The number of hydrogen-bond acceptors (Lipinski definition) is 5. The molecule has 0 spiro atoms. The fourth-order valence-corrected chi connectivity index (χ4v) is 3.37. The Bertz CT molecular complexity index is 810. The Labute approximate surface area is 162 Å². The normalized spacial score (nSPS) is 24.5. The molecule has 0 saturated carbocycles. The lowest BCUT2D eigenvalue weighted by atomic mass is 9.89. The number of hydrogen-bond donors (Lipinski definition) is 2. The van der Waals surface area contributed by atoms with Crippen LogP contribution in [0.25, 0.3) is 0 Å². The zero-order valence-corrected chi connectivity index (χ0v) is 16.2. The molecule has 3 atom stereocenters. The number of β-amino-alcohol motifs (C(OH)–C–C–N with tert-alkyl or cyclic N) is 1. The van der Waals surface area contributed by atoms with Gasteiger partial charge in [-0.15, -0.1) is 0 Å². The molecule has 8 heteroatoms. The summed E-state index contributed by atoms with van der Waals surface area (Å²) in [4.78, 5) is 38.6. The number of likely N-dealkylation sites (tertiary alicyclic amines) is 1. The molecule has 1 saturated heterocycles. The van der Waals surface area contributed by atoms with Crippen molar-refractivity contribution in [3.05, 3.63) is 35.1 Å². The van der Waals surface area contributed by atoms with E-state index in [1.54, 1.807) is 6.07 Å². The largest absolute Gasteiger partial charge is 0.448 e. The number of benzene rings is 1. The van der Waals surface area contributed by atoms with Gasteiger partial charge in [0, 0.05) is 24.9 Å². The summed E-state index contributed by atoms with van der Waals surface area (Å²) >= 11 is 0. The number of halogens is 1. The van der Waals surface area contributed by atoms with Gasteiger partial charge in [-0.2, -0.15) is 0 Å². The fourth-order valence-electron chi connectivity index (χ4n) is 3.37. The highest BCUT2D eigenvalue weighted by atomic mass is 19.1. The second-order valence-corrected chi connectivity index (χ2v) is 8.00. The molecule has 0 radical (unpaired) electrons. The first-order valence-corrected chi connectivity index (χ1v) is 9.40. The molecule has 2 N–H and O–H groups in total. The number of amides is 2. The van der Waals surface area contributed by atoms with Gasteiger partial charge in [0.05, 0.1) is 17.7 Å². The van der Waals surface area contributed by atoms with Crippen LogP contribution in [0.15, 0.2) is 18.2 Å². The molecule has 1 aromatic carbocycles. The monoisotopic (exact) mass is 392 g/mol. The van der Waals surface area contributed by atoms with Gasteiger partial charge >= 0.3 is 5.97 Å². The SMILES string of the molecule is CCC(C)(C)C(=O)N[C@@H]1CN(C(=O)C2Cc3cccc(F)c3C(=O)O2)C[C@@H]1O. The summed E-state index contributed by atoms with van der Waals surface area (Å²) in [7, 11) is 0. The standard InChI is InChI=1S/C20H25FN2O5/c1-4-20(2,3)19(27)22-13-9-23(10-14(13)24)17(25)15-8-11-6-5-7-12(21)16(11)18(26)28-15/h5-7,13-15,24H,4,8-10H2,1-3H3,(H,22,27)/t13-,14+,15?/m1/s1. The maximum atomic E-state index is 13.8. The molecule has 2 aliphatic rings.